The third-order valence-electron chi connectivity index (χ3n) is 2.74. The molecule has 0 aliphatic carbocycles. The summed E-state index contributed by atoms with van der Waals surface area (Å²) in [6, 6.07) is 6.37. The average molecular weight is 177 g/mol. The zero-order valence-corrected chi connectivity index (χ0v) is 8.04. The Kier molecular flexibility index (Phi) is 2.00. The highest BCUT2D eigenvalue weighted by Crippen LogP contribution is 2.27. The summed E-state index contributed by atoms with van der Waals surface area (Å²) in [4.78, 5) is 0. The number of para-hydroxylation sites is 1. The summed E-state index contributed by atoms with van der Waals surface area (Å²) >= 11 is 0. The van der Waals surface area contributed by atoms with Crippen LogP contribution in [0.15, 0.2) is 18.2 Å². The van der Waals surface area contributed by atoms with E-state index in [0.717, 1.165) is 6.42 Å². The van der Waals surface area contributed by atoms with Crippen LogP contribution >= 0.6 is 0 Å². The summed E-state index contributed by atoms with van der Waals surface area (Å²) in [7, 11) is 0. The summed E-state index contributed by atoms with van der Waals surface area (Å²) < 4.78 is 0. The van der Waals surface area contributed by atoms with Crippen molar-refractivity contribution in [2.75, 3.05) is 5.32 Å². The fraction of sp³-hybridized carbons (Fsp3) is 0.455. The van der Waals surface area contributed by atoms with E-state index in [1.54, 1.807) is 0 Å². The number of nitrogens with one attached hydrogen (secondary N) is 1. The van der Waals surface area contributed by atoms with Crippen LogP contribution in [0.4, 0.5) is 5.69 Å². The first-order valence-corrected chi connectivity index (χ1v) is 4.71. The van der Waals surface area contributed by atoms with Gasteiger partial charge in [-0.25, -0.2) is 0 Å². The van der Waals surface area contributed by atoms with Crippen molar-refractivity contribution in [1.29, 1.82) is 0 Å². The molecule has 70 valence electrons. The molecule has 13 heavy (non-hydrogen) atoms. The van der Waals surface area contributed by atoms with Crippen LogP contribution < -0.4 is 5.32 Å². The predicted molar refractivity (Wildman–Crippen MR) is 54.0 cm³/mol. The minimum absolute atomic E-state index is 0.161. The second-order valence-corrected chi connectivity index (χ2v) is 3.81. The molecule has 2 unspecified atom stereocenters. The monoisotopic (exact) mass is 177 g/mol. The lowest BCUT2D eigenvalue weighted by Gasteiger charge is -2.30. The quantitative estimate of drug-likeness (QED) is 0.632. The van der Waals surface area contributed by atoms with E-state index in [9.17, 15) is 5.11 Å². The molecule has 1 aliphatic rings. The zero-order chi connectivity index (χ0) is 9.42. The standard InChI is InChI=1S/C11H15NO/c1-7-4-3-5-9-6-10(13)8(2)12-11(7)9/h3-5,8,10,12-13H,6H2,1-2H3. The van der Waals surface area contributed by atoms with Gasteiger partial charge in [0, 0.05) is 18.2 Å². The Bertz CT molecular complexity index is 322. The summed E-state index contributed by atoms with van der Waals surface area (Å²) in [6.07, 6.45) is 0.514. The second kappa shape index (κ2) is 3.04. The molecule has 0 spiro atoms. The van der Waals surface area contributed by atoms with Crippen LogP contribution in [0.3, 0.4) is 0 Å². The highest BCUT2D eigenvalue weighted by atomic mass is 16.3. The lowest BCUT2D eigenvalue weighted by Crippen LogP contribution is -2.37. The van der Waals surface area contributed by atoms with Gasteiger partial charge in [0.2, 0.25) is 0 Å². The highest BCUT2D eigenvalue weighted by molar-refractivity contribution is 5.59. The average Bonchev–Trinajstić information content (AvgIpc) is 2.09. The topological polar surface area (TPSA) is 32.3 Å². The molecule has 1 heterocycles. The molecule has 2 heteroatoms. The second-order valence-electron chi connectivity index (χ2n) is 3.81. The largest absolute Gasteiger partial charge is 0.391 e. The molecule has 1 aromatic carbocycles. The van der Waals surface area contributed by atoms with Crippen molar-refractivity contribution < 1.29 is 5.11 Å². The third-order valence-corrected chi connectivity index (χ3v) is 2.74. The van der Waals surface area contributed by atoms with Gasteiger partial charge < -0.3 is 10.4 Å². The van der Waals surface area contributed by atoms with Gasteiger partial charge in [-0.3, -0.25) is 0 Å². The van der Waals surface area contributed by atoms with Crippen LogP contribution in [-0.4, -0.2) is 17.3 Å². The summed E-state index contributed by atoms with van der Waals surface area (Å²) in [5.41, 5.74) is 3.70. The normalized spacial score (nSPS) is 26.4. The van der Waals surface area contributed by atoms with Gasteiger partial charge in [-0.2, -0.15) is 0 Å². The molecule has 0 fully saturated rings. The van der Waals surface area contributed by atoms with Gasteiger partial charge in [-0.05, 0) is 25.0 Å². The van der Waals surface area contributed by atoms with E-state index in [1.165, 1.54) is 16.8 Å². The van der Waals surface area contributed by atoms with Crippen molar-refractivity contribution in [3.63, 3.8) is 0 Å². The molecule has 2 nitrogen and oxygen atoms in total. The van der Waals surface area contributed by atoms with Gasteiger partial charge in [0.15, 0.2) is 0 Å². The molecule has 2 atom stereocenters. The summed E-state index contributed by atoms with van der Waals surface area (Å²) in [5.74, 6) is 0. The minimum Gasteiger partial charge on any atom is -0.391 e. The number of fused-ring (bicyclic) bond motifs is 1. The van der Waals surface area contributed by atoms with E-state index < -0.39 is 0 Å². The molecule has 0 saturated heterocycles. The first kappa shape index (κ1) is 8.57. The van der Waals surface area contributed by atoms with E-state index >= 15 is 0 Å². The Morgan fingerprint density at radius 2 is 2.23 bits per heavy atom. The fourth-order valence-corrected chi connectivity index (χ4v) is 1.83. The predicted octanol–water partition coefficient (Wildman–Crippen LogP) is 1.71. The van der Waals surface area contributed by atoms with Gasteiger partial charge in [0.05, 0.1) is 6.10 Å². The van der Waals surface area contributed by atoms with Crippen molar-refractivity contribution in [1.82, 2.24) is 0 Å². The van der Waals surface area contributed by atoms with Crippen LogP contribution in [0.2, 0.25) is 0 Å². The van der Waals surface area contributed by atoms with Crippen molar-refractivity contribution >= 4 is 5.69 Å². The molecular weight excluding hydrogens is 162 g/mol. The number of rotatable bonds is 0. The fourth-order valence-electron chi connectivity index (χ4n) is 1.83. The number of benzene rings is 1. The maximum absolute atomic E-state index is 9.65. The number of anilines is 1. The maximum atomic E-state index is 9.65. The van der Waals surface area contributed by atoms with Crippen molar-refractivity contribution in [2.24, 2.45) is 0 Å². The summed E-state index contributed by atoms with van der Waals surface area (Å²) in [6.45, 7) is 4.11. The number of aryl methyl sites for hydroxylation is 1. The SMILES string of the molecule is Cc1cccc2c1NC(C)C(O)C2. The number of aliphatic hydroxyl groups excluding tert-OH is 1. The lowest BCUT2D eigenvalue weighted by molar-refractivity contribution is 0.154. The van der Waals surface area contributed by atoms with Crippen molar-refractivity contribution in [3.05, 3.63) is 29.3 Å². The Labute approximate surface area is 78.6 Å². The molecule has 2 rings (SSSR count). The molecule has 0 radical (unpaired) electrons. The summed E-state index contributed by atoms with van der Waals surface area (Å²) in [5, 5.41) is 13.0. The molecule has 0 bridgehead atoms. The van der Waals surface area contributed by atoms with Crippen LogP contribution in [0.25, 0.3) is 0 Å². The molecule has 0 aromatic heterocycles. The minimum atomic E-state index is -0.255. The van der Waals surface area contributed by atoms with Gasteiger partial charge in [0.1, 0.15) is 0 Å². The van der Waals surface area contributed by atoms with E-state index in [1.807, 2.05) is 13.0 Å². The molecule has 0 saturated carbocycles. The number of hydrogen-bond donors (Lipinski definition) is 2. The van der Waals surface area contributed by atoms with Gasteiger partial charge in [0.25, 0.3) is 0 Å². The first-order chi connectivity index (χ1) is 6.18. The van der Waals surface area contributed by atoms with Crippen LogP contribution in [-0.2, 0) is 6.42 Å². The Morgan fingerprint density at radius 3 is 3.00 bits per heavy atom. The van der Waals surface area contributed by atoms with E-state index in [-0.39, 0.29) is 12.1 Å². The Balaban J connectivity index is 2.42. The molecule has 0 amide bonds. The third kappa shape index (κ3) is 1.42. The molecule has 1 aromatic rings. The number of aliphatic hydroxyl groups is 1. The zero-order valence-electron chi connectivity index (χ0n) is 8.04. The van der Waals surface area contributed by atoms with Crippen LogP contribution in [0.5, 0.6) is 0 Å². The van der Waals surface area contributed by atoms with Crippen molar-refractivity contribution in [3.8, 4) is 0 Å². The Hall–Kier alpha value is -1.02. The van der Waals surface area contributed by atoms with Crippen LogP contribution in [0.1, 0.15) is 18.1 Å². The molecule has 2 N–H and O–H groups in total. The Morgan fingerprint density at radius 1 is 1.46 bits per heavy atom. The van der Waals surface area contributed by atoms with Crippen LogP contribution in [0, 0.1) is 6.92 Å². The molecule has 1 aliphatic heterocycles. The van der Waals surface area contributed by atoms with E-state index in [0.29, 0.717) is 0 Å². The smallest absolute Gasteiger partial charge is 0.0779 e. The lowest BCUT2D eigenvalue weighted by atomic mass is 9.94. The number of hydrogen-bond acceptors (Lipinski definition) is 2. The van der Waals surface area contributed by atoms with Gasteiger partial charge >= 0.3 is 0 Å². The first-order valence-electron chi connectivity index (χ1n) is 4.71. The van der Waals surface area contributed by atoms with Gasteiger partial charge in [-0.1, -0.05) is 18.2 Å². The highest BCUT2D eigenvalue weighted by Gasteiger charge is 2.22. The van der Waals surface area contributed by atoms with Gasteiger partial charge in [-0.15, -0.1) is 0 Å². The molecular formula is C11H15NO. The van der Waals surface area contributed by atoms with E-state index in [2.05, 4.69) is 24.4 Å². The maximum Gasteiger partial charge on any atom is 0.0779 e. The van der Waals surface area contributed by atoms with Crippen molar-refractivity contribution in [2.45, 2.75) is 32.4 Å². The van der Waals surface area contributed by atoms with E-state index in [4.69, 9.17) is 0 Å².